The number of halogens is 1. The highest BCUT2D eigenvalue weighted by Gasteiger charge is 2.11. The lowest BCUT2D eigenvalue weighted by molar-refractivity contribution is 0.372. The minimum atomic E-state index is -0.277. The van der Waals surface area contributed by atoms with E-state index < -0.39 is 0 Å². The van der Waals surface area contributed by atoms with E-state index in [4.69, 9.17) is 10.3 Å². The van der Waals surface area contributed by atoms with Gasteiger partial charge in [0, 0.05) is 18.0 Å². The fourth-order valence-corrected chi connectivity index (χ4v) is 1.46. The van der Waals surface area contributed by atoms with Crippen LogP contribution in [-0.2, 0) is 6.42 Å². The molecule has 2 rings (SSSR count). The Morgan fingerprint density at radius 1 is 1.47 bits per heavy atom. The zero-order valence-corrected chi connectivity index (χ0v) is 9.77. The Kier molecular flexibility index (Phi) is 3.19. The highest BCUT2D eigenvalue weighted by Crippen LogP contribution is 2.19. The molecule has 0 aliphatic heterocycles. The Labute approximate surface area is 98.6 Å². The van der Waals surface area contributed by atoms with Crippen molar-refractivity contribution < 1.29 is 8.91 Å². The molecule has 0 aliphatic carbocycles. The fraction of sp³-hybridized carbons (Fsp3) is 0.333. The second-order valence-electron chi connectivity index (χ2n) is 4.16. The van der Waals surface area contributed by atoms with E-state index in [9.17, 15) is 4.39 Å². The lowest BCUT2D eigenvalue weighted by Gasteiger charge is -1.98. The Morgan fingerprint density at radius 2 is 2.24 bits per heavy atom. The molecule has 0 saturated carbocycles. The Hall–Kier alpha value is -1.75. The van der Waals surface area contributed by atoms with Gasteiger partial charge in [-0.2, -0.15) is 4.98 Å². The van der Waals surface area contributed by atoms with Crippen LogP contribution in [0, 0.1) is 12.7 Å². The van der Waals surface area contributed by atoms with Crippen molar-refractivity contribution in [1.82, 2.24) is 10.1 Å². The summed E-state index contributed by atoms with van der Waals surface area (Å²) >= 11 is 0. The first-order valence-corrected chi connectivity index (χ1v) is 5.41. The van der Waals surface area contributed by atoms with Gasteiger partial charge in [0.25, 0.3) is 0 Å². The summed E-state index contributed by atoms with van der Waals surface area (Å²) in [5.74, 6) is 0.580. The van der Waals surface area contributed by atoms with Gasteiger partial charge in [0.05, 0.1) is 0 Å². The average molecular weight is 235 g/mol. The third kappa shape index (κ3) is 2.68. The molecule has 0 aliphatic rings. The van der Waals surface area contributed by atoms with Gasteiger partial charge in [0.2, 0.25) is 11.7 Å². The number of rotatable bonds is 3. The topological polar surface area (TPSA) is 64.9 Å². The first-order chi connectivity index (χ1) is 8.06. The maximum atomic E-state index is 13.4. The van der Waals surface area contributed by atoms with Crippen LogP contribution in [0.3, 0.4) is 0 Å². The molecule has 0 fully saturated rings. The van der Waals surface area contributed by atoms with Crippen LogP contribution in [0.5, 0.6) is 0 Å². The van der Waals surface area contributed by atoms with E-state index in [-0.39, 0.29) is 11.9 Å². The molecule has 0 saturated heterocycles. The molecule has 2 aromatic rings. The lowest BCUT2D eigenvalue weighted by Crippen LogP contribution is -2.17. The van der Waals surface area contributed by atoms with Crippen LogP contribution < -0.4 is 5.73 Å². The van der Waals surface area contributed by atoms with Crippen molar-refractivity contribution in [3.8, 4) is 11.4 Å². The molecule has 1 atom stereocenters. The van der Waals surface area contributed by atoms with Crippen LogP contribution in [0.4, 0.5) is 4.39 Å². The number of aryl methyl sites for hydroxylation is 1. The van der Waals surface area contributed by atoms with Gasteiger partial charge in [-0.05, 0) is 25.5 Å². The van der Waals surface area contributed by atoms with Gasteiger partial charge in [-0.1, -0.05) is 17.3 Å². The van der Waals surface area contributed by atoms with Crippen LogP contribution in [-0.4, -0.2) is 16.2 Å². The smallest absolute Gasteiger partial charge is 0.228 e. The van der Waals surface area contributed by atoms with Gasteiger partial charge in [-0.15, -0.1) is 0 Å². The molecule has 1 heterocycles. The molecule has 0 radical (unpaired) electrons. The maximum Gasteiger partial charge on any atom is 0.228 e. The summed E-state index contributed by atoms with van der Waals surface area (Å²) < 4.78 is 18.4. The zero-order chi connectivity index (χ0) is 12.4. The number of hydrogen-bond donors (Lipinski definition) is 1. The normalized spacial score (nSPS) is 12.7. The van der Waals surface area contributed by atoms with Crippen molar-refractivity contribution >= 4 is 0 Å². The molecule has 1 unspecified atom stereocenters. The zero-order valence-electron chi connectivity index (χ0n) is 9.77. The fourth-order valence-electron chi connectivity index (χ4n) is 1.46. The summed E-state index contributed by atoms with van der Waals surface area (Å²) in [4.78, 5) is 4.17. The van der Waals surface area contributed by atoms with E-state index in [1.54, 1.807) is 19.1 Å². The summed E-state index contributed by atoms with van der Waals surface area (Å²) in [5.41, 5.74) is 6.82. The quantitative estimate of drug-likeness (QED) is 0.884. The number of benzene rings is 1. The molecule has 1 aromatic carbocycles. The Morgan fingerprint density at radius 3 is 2.88 bits per heavy atom. The summed E-state index contributed by atoms with van der Waals surface area (Å²) in [6.45, 7) is 3.56. The molecule has 2 N–H and O–H groups in total. The van der Waals surface area contributed by atoms with E-state index in [0.29, 0.717) is 29.3 Å². The molecule has 1 aromatic heterocycles. The van der Waals surface area contributed by atoms with Crippen molar-refractivity contribution in [2.45, 2.75) is 26.3 Å². The number of aromatic nitrogens is 2. The van der Waals surface area contributed by atoms with Gasteiger partial charge in [-0.3, -0.25) is 0 Å². The van der Waals surface area contributed by atoms with E-state index in [0.717, 1.165) is 0 Å². The largest absolute Gasteiger partial charge is 0.339 e. The second-order valence-corrected chi connectivity index (χ2v) is 4.16. The van der Waals surface area contributed by atoms with Gasteiger partial charge in [0.15, 0.2) is 0 Å². The van der Waals surface area contributed by atoms with Crippen LogP contribution in [0.15, 0.2) is 22.7 Å². The highest BCUT2D eigenvalue weighted by molar-refractivity contribution is 5.54. The summed E-state index contributed by atoms with van der Waals surface area (Å²) in [6.07, 6.45) is 0.515. The van der Waals surface area contributed by atoms with Crippen molar-refractivity contribution in [3.63, 3.8) is 0 Å². The first kappa shape index (κ1) is 11.7. The second kappa shape index (κ2) is 4.63. The first-order valence-electron chi connectivity index (χ1n) is 5.41. The molecule has 90 valence electrons. The maximum absolute atomic E-state index is 13.4. The molecular formula is C12H14FN3O. The van der Waals surface area contributed by atoms with Crippen LogP contribution in [0.25, 0.3) is 11.4 Å². The lowest BCUT2D eigenvalue weighted by atomic mass is 10.1. The predicted molar refractivity (Wildman–Crippen MR) is 61.8 cm³/mol. The predicted octanol–water partition coefficient (Wildman–Crippen LogP) is 2.07. The SMILES string of the molecule is Cc1ccc(-c2noc(CC(C)N)n2)cc1F. The average Bonchev–Trinajstić information content (AvgIpc) is 2.69. The van der Waals surface area contributed by atoms with Crippen molar-refractivity contribution in [2.75, 3.05) is 0 Å². The van der Waals surface area contributed by atoms with Gasteiger partial charge in [0.1, 0.15) is 5.82 Å². The molecule has 17 heavy (non-hydrogen) atoms. The molecular weight excluding hydrogens is 221 g/mol. The highest BCUT2D eigenvalue weighted by atomic mass is 19.1. The number of hydrogen-bond acceptors (Lipinski definition) is 4. The standard InChI is InChI=1S/C12H14FN3O/c1-7-3-4-9(6-10(7)13)12-15-11(17-16-12)5-8(2)14/h3-4,6,8H,5,14H2,1-2H3. The summed E-state index contributed by atoms with van der Waals surface area (Å²) in [6, 6.07) is 4.80. The van der Waals surface area contributed by atoms with Crippen LogP contribution in [0.1, 0.15) is 18.4 Å². The summed E-state index contributed by atoms with van der Waals surface area (Å²) in [5, 5.41) is 3.80. The summed E-state index contributed by atoms with van der Waals surface area (Å²) in [7, 11) is 0. The van der Waals surface area contributed by atoms with E-state index in [2.05, 4.69) is 10.1 Å². The number of nitrogens with two attached hydrogens (primary N) is 1. The van der Waals surface area contributed by atoms with Crippen molar-refractivity contribution in [3.05, 3.63) is 35.5 Å². The van der Waals surface area contributed by atoms with Crippen molar-refractivity contribution in [1.29, 1.82) is 0 Å². The third-order valence-corrected chi connectivity index (χ3v) is 2.39. The van der Waals surface area contributed by atoms with Gasteiger partial charge < -0.3 is 10.3 Å². The molecule has 5 heteroatoms. The minimum absolute atomic E-state index is 0.0435. The molecule has 0 amide bonds. The van der Waals surface area contributed by atoms with Crippen LogP contribution >= 0.6 is 0 Å². The van der Waals surface area contributed by atoms with E-state index in [1.165, 1.54) is 6.07 Å². The van der Waals surface area contributed by atoms with Gasteiger partial charge in [-0.25, -0.2) is 4.39 Å². The molecule has 0 spiro atoms. The van der Waals surface area contributed by atoms with Crippen molar-refractivity contribution in [2.24, 2.45) is 5.73 Å². The van der Waals surface area contributed by atoms with E-state index >= 15 is 0 Å². The third-order valence-electron chi connectivity index (χ3n) is 2.39. The molecule has 0 bridgehead atoms. The number of nitrogens with zero attached hydrogens (tertiary/aromatic N) is 2. The molecule has 4 nitrogen and oxygen atoms in total. The van der Waals surface area contributed by atoms with Gasteiger partial charge >= 0.3 is 0 Å². The monoisotopic (exact) mass is 235 g/mol. The van der Waals surface area contributed by atoms with E-state index in [1.807, 2.05) is 6.92 Å². The Bertz CT molecular complexity index is 522. The minimum Gasteiger partial charge on any atom is -0.339 e. The van der Waals surface area contributed by atoms with Crippen LogP contribution in [0.2, 0.25) is 0 Å². The Balaban J connectivity index is 2.27.